The van der Waals surface area contributed by atoms with Crippen molar-refractivity contribution in [2.75, 3.05) is 19.9 Å². The molecule has 3 rings (SSSR count). The molecule has 2 aromatic carbocycles. The van der Waals surface area contributed by atoms with Gasteiger partial charge in [-0.05, 0) is 41.5 Å². The van der Waals surface area contributed by atoms with Crippen LogP contribution in [-0.2, 0) is 17.9 Å². The Labute approximate surface area is 157 Å². The minimum Gasteiger partial charge on any atom is -0.497 e. The summed E-state index contributed by atoms with van der Waals surface area (Å²) in [4.78, 5) is 14.2. The Morgan fingerprint density at radius 3 is 2.77 bits per heavy atom. The SMILES string of the molecule is CCn1cnnc1SCC(=O)N(C)Cc1ccc2cc(OC)ccc2c1. The lowest BCUT2D eigenvalue weighted by molar-refractivity contribution is -0.127. The number of hydrogen-bond donors (Lipinski definition) is 0. The van der Waals surface area contributed by atoms with Gasteiger partial charge in [0.25, 0.3) is 0 Å². The van der Waals surface area contributed by atoms with Crippen LogP contribution in [0.1, 0.15) is 12.5 Å². The Morgan fingerprint density at radius 2 is 2.00 bits per heavy atom. The molecule has 0 radical (unpaired) electrons. The van der Waals surface area contributed by atoms with Crippen LogP contribution < -0.4 is 4.74 Å². The summed E-state index contributed by atoms with van der Waals surface area (Å²) in [7, 11) is 3.49. The lowest BCUT2D eigenvalue weighted by Crippen LogP contribution is -2.27. The van der Waals surface area contributed by atoms with E-state index in [1.165, 1.54) is 11.8 Å². The van der Waals surface area contributed by atoms with E-state index in [0.29, 0.717) is 12.3 Å². The van der Waals surface area contributed by atoms with Crippen molar-refractivity contribution in [3.05, 3.63) is 48.3 Å². The standard InChI is InChI=1S/C19H22N4O2S/c1-4-23-13-20-21-19(23)26-12-18(24)22(2)11-14-5-6-16-10-17(25-3)8-7-15(16)9-14/h5-10,13H,4,11-12H2,1-3H3. The average molecular weight is 370 g/mol. The van der Waals surface area contributed by atoms with Crippen LogP contribution in [0.2, 0.25) is 0 Å². The lowest BCUT2D eigenvalue weighted by Gasteiger charge is -2.17. The van der Waals surface area contributed by atoms with Gasteiger partial charge in [-0.1, -0.05) is 30.0 Å². The monoisotopic (exact) mass is 370 g/mol. The van der Waals surface area contributed by atoms with Crippen molar-refractivity contribution in [3.63, 3.8) is 0 Å². The van der Waals surface area contributed by atoms with Crippen molar-refractivity contribution in [3.8, 4) is 5.75 Å². The van der Waals surface area contributed by atoms with E-state index in [1.807, 2.05) is 42.8 Å². The normalized spacial score (nSPS) is 10.9. The van der Waals surface area contributed by atoms with Gasteiger partial charge in [0.15, 0.2) is 5.16 Å². The number of thioether (sulfide) groups is 1. The molecule has 7 heteroatoms. The number of aryl methyl sites for hydroxylation is 1. The predicted octanol–water partition coefficient (Wildman–Crippen LogP) is 3.21. The molecule has 1 heterocycles. The number of aromatic nitrogens is 3. The van der Waals surface area contributed by atoms with E-state index in [0.717, 1.165) is 33.8 Å². The zero-order valence-corrected chi connectivity index (χ0v) is 16.0. The smallest absolute Gasteiger partial charge is 0.233 e. The van der Waals surface area contributed by atoms with Gasteiger partial charge in [0, 0.05) is 20.1 Å². The average Bonchev–Trinajstić information content (AvgIpc) is 3.13. The molecule has 1 amide bonds. The summed E-state index contributed by atoms with van der Waals surface area (Å²) in [5.74, 6) is 1.25. The number of fused-ring (bicyclic) bond motifs is 1. The number of nitrogens with zero attached hydrogens (tertiary/aromatic N) is 4. The maximum Gasteiger partial charge on any atom is 0.233 e. The second kappa shape index (κ2) is 8.23. The maximum absolute atomic E-state index is 12.4. The topological polar surface area (TPSA) is 60.2 Å². The third-order valence-electron chi connectivity index (χ3n) is 4.20. The summed E-state index contributed by atoms with van der Waals surface area (Å²) in [6.45, 7) is 3.39. The Kier molecular flexibility index (Phi) is 5.78. The third-order valence-corrected chi connectivity index (χ3v) is 5.17. The predicted molar refractivity (Wildman–Crippen MR) is 103 cm³/mol. The molecule has 0 saturated carbocycles. The number of methoxy groups -OCH3 is 1. The molecule has 0 N–H and O–H groups in total. The van der Waals surface area contributed by atoms with Crippen molar-refractivity contribution >= 4 is 28.4 Å². The molecule has 0 aliphatic heterocycles. The van der Waals surface area contributed by atoms with E-state index < -0.39 is 0 Å². The molecule has 1 aromatic heterocycles. The Morgan fingerprint density at radius 1 is 1.23 bits per heavy atom. The number of carbonyl (C=O) groups is 1. The van der Waals surface area contributed by atoms with Crippen LogP contribution in [-0.4, -0.2) is 45.5 Å². The van der Waals surface area contributed by atoms with E-state index in [1.54, 1.807) is 18.3 Å². The second-order valence-corrected chi connectivity index (χ2v) is 6.93. The van der Waals surface area contributed by atoms with Gasteiger partial charge < -0.3 is 14.2 Å². The van der Waals surface area contributed by atoms with E-state index in [4.69, 9.17) is 4.74 Å². The third kappa shape index (κ3) is 4.16. The number of amides is 1. The Bertz CT molecular complexity index is 909. The highest BCUT2D eigenvalue weighted by atomic mass is 32.2. The first-order chi connectivity index (χ1) is 12.6. The van der Waals surface area contributed by atoms with E-state index in [9.17, 15) is 4.79 Å². The summed E-state index contributed by atoms with van der Waals surface area (Å²) < 4.78 is 7.18. The quantitative estimate of drug-likeness (QED) is 0.598. The highest BCUT2D eigenvalue weighted by Gasteiger charge is 2.13. The molecule has 0 unspecified atom stereocenters. The molecule has 0 bridgehead atoms. The Balaban J connectivity index is 1.62. The molecule has 6 nitrogen and oxygen atoms in total. The largest absolute Gasteiger partial charge is 0.497 e. The van der Waals surface area contributed by atoms with Crippen molar-refractivity contribution in [2.45, 2.75) is 25.2 Å². The van der Waals surface area contributed by atoms with Gasteiger partial charge in [-0.2, -0.15) is 0 Å². The minimum atomic E-state index is 0.0653. The summed E-state index contributed by atoms with van der Waals surface area (Å²) in [6.07, 6.45) is 1.68. The number of hydrogen-bond acceptors (Lipinski definition) is 5. The van der Waals surface area contributed by atoms with Crippen molar-refractivity contribution < 1.29 is 9.53 Å². The number of benzene rings is 2. The fourth-order valence-electron chi connectivity index (χ4n) is 2.67. The van der Waals surface area contributed by atoms with Gasteiger partial charge in [-0.25, -0.2) is 0 Å². The van der Waals surface area contributed by atoms with Crippen LogP contribution in [0.15, 0.2) is 47.9 Å². The van der Waals surface area contributed by atoms with Crippen LogP contribution in [0.5, 0.6) is 5.75 Å². The molecular formula is C19H22N4O2S. The zero-order chi connectivity index (χ0) is 18.5. The van der Waals surface area contributed by atoms with Gasteiger partial charge >= 0.3 is 0 Å². The van der Waals surface area contributed by atoms with Gasteiger partial charge in [0.1, 0.15) is 12.1 Å². The molecule has 0 spiro atoms. The van der Waals surface area contributed by atoms with Gasteiger partial charge in [0.2, 0.25) is 5.91 Å². The molecule has 3 aromatic rings. The first-order valence-corrected chi connectivity index (χ1v) is 9.40. The number of ether oxygens (including phenoxy) is 1. The summed E-state index contributed by atoms with van der Waals surface area (Å²) in [5, 5.41) is 11.0. The minimum absolute atomic E-state index is 0.0653. The fraction of sp³-hybridized carbons (Fsp3) is 0.316. The molecule has 0 aliphatic carbocycles. The molecular weight excluding hydrogens is 348 g/mol. The van der Waals surface area contributed by atoms with Gasteiger partial charge in [-0.15, -0.1) is 10.2 Å². The summed E-state index contributed by atoms with van der Waals surface area (Å²) >= 11 is 1.42. The zero-order valence-electron chi connectivity index (χ0n) is 15.2. The van der Waals surface area contributed by atoms with E-state index >= 15 is 0 Å². The maximum atomic E-state index is 12.4. The number of rotatable bonds is 7. The molecule has 0 fully saturated rings. The first-order valence-electron chi connectivity index (χ1n) is 8.42. The summed E-state index contributed by atoms with van der Waals surface area (Å²) in [6, 6.07) is 12.2. The second-order valence-electron chi connectivity index (χ2n) is 5.99. The molecule has 136 valence electrons. The van der Waals surface area contributed by atoms with Gasteiger partial charge in [0.05, 0.1) is 12.9 Å². The lowest BCUT2D eigenvalue weighted by atomic mass is 10.1. The molecule has 0 saturated heterocycles. The first kappa shape index (κ1) is 18.3. The molecule has 0 aliphatic rings. The number of carbonyl (C=O) groups excluding carboxylic acids is 1. The Hall–Kier alpha value is -2.54. The molecule has 26 heavy (non-hydrogen) atoms. The molecule has 0 atom stereocenters. The van der Waals surface area contributed by atoms with Crippen LogP contribution in [0.25, 0.3) is 10.8 Å². The van der Waals surface area contributed by atoms with Gasteiger partial charge in [-0.3, -0.25) is 4.79 Å². The van der Waals surface area contributed by atoms with Crippen LogP contribution in [0.4, 0.5) is 0 Å². The highest BCUT2D eigenvalue weighted by Crippen LogP contribution is 2.22. The van der Waals surface area contributed by atoms with E-state index in [2.05, 4.69) is 22.3 Å². The fourth-order valence-corrected chi connectivity index (χ4v) is 3.59. The van der Waals surface area contributed by atoms with E-state index in [-0.39, 0.29) is 5.91 Å². The van der Waals surface area contributed by atoms with Crippen molar-refractivity contribution in [1.82, 2.24) is 19.7 Å². The van der Waals surface area contributed by atoms with Crippen LogP contribution >= 0.6 is 11.8 Å². The van der Waals surface area contributed by atoms with Crippen molar-refractivity contribution in [2.24, 2.45) is 0 Å². The summed E-state index contributed by atoms with van der Waals surface area (Å²) in [5.41, 5.74) is 1.10. The van der Waals surface area contributed by atoms with Crippen LogP contribution in [0.3, 0.4) is 0 Å². The van der Waals surface area contributed by atoms with Crippen LogP contribution in [0, 0.1) is 0 Å². The highest BCUT2D eigenvalue weighted by molar-refractivity contribution is 7.99. The van der Waals surface area contributed by atoms with Crippen molar-refractivity contribution in [1.29, 1.82) is 0 Å².